The van der Waals surface area contributed by atoms with Crippen molar-refractivity contribution in [1.29, 1.82) is 0 Å². The Morgan fingerprint density at radius 1 is 1.35 bits per heavy atom. The van der Waals surface area contributed by atoms with Crippen LogP contribution in [0.4, 0.5) is 0 Å². The maximum absolute atomic E-state index is 12.7. The SMILES string of the molecule is CC(CNS(=O)(=O)N1CCCC1c1ccco1)N1CCOCC1. The van der Waals surface area contributed by atoms with E-state index in [1.54, 1.807) is 12.3 Å². The molecule has 0 radical (unpaired) electrons. The van der Waals surface area contributed by atoms with Gasteiger partial charge in [0.2, 0.25) is 0 Å². The molecule has 0 spiro atoms. The Kier molecular flexibility index (Phi) is 5.38. The molecular weight excluding hydrogens is 318 g/mol. The second kappa shape index (κ2) is 7.31. The van der Waals surface area contributed by atoms with Crippen LogP contribution in [0.15, 0.2) is 22.8 Å². The smallest absolute Gasteiger partial charge is 0.280 e. The Morgan fingerprint density at radius 3 is 2.83 bits per heavy atom. The van der Waals surface area contributed by atoms with Crippen molar-refractivity contribution < 1.29 is 17.6 Å². The van der Waals surface area contributed by atoms with Gasteiger partial charge in [-0.2, -0.15) is 12.7 Å². The van der Waals surface area contributed by atoms with E-state index in [0.29, 0.717) is 32.1 Å². The molecule has 0 aromatic carbocycles. The number of morpholine rings is 1. The summed E-state index contributed by atoms with van der Waals surface area (Å²) in [7, 11) is -3.50. The van der Waals surface area contributed by atoms with Crippen LogP contribution in [-0.4, -0.2) is 63.1 Å². The highest BCUT2D eigenvalue weighted by Crippen LogP contribution is 2.33. The maximum atomic E-state index is 12.7. The molecule has 2 saturated heterocycles. The number of nitrogens with one attached hydrogen (secondary N) is 1. The fraction of sp³-hybridized carbons (Fsp3) is 0.733. The Balaban J connectivity index is 1.59. The largest absolute Gasteiger partial charge is 0.468 e. The first-order valence-corrected chi connectivity index (χ1v) is 9.63. The van der Waals surface area contributed by atoms with E-state index in [2.05, 4.69) is 9.62 Å². The summed E-state index contributed by atoms with van der Waals surface area (Å²) in [5.74, 6) is 0.717. The molecule has 3 heterocycles. The lowest BCUT2D eigenvalue weighted by molar-refractivity contribution is 0.0213. The monoisotopic (exact) mass is 343 g/mol. The van der Waals surface area contributed by atoms with Crippen LogP contribution in [0.3, 0.4) is 0 Å². The predicted octanol–water partition coefficient (Wildman–Crippen LogP) is 0.972. The number of hydrogen-bond acceptors (Lipinski definition) is 5. The third-order valence-corrected chi connectivity index (χ3v) is 6.20. The molecule has 0 amide bonds. The quantitative estimate of drug-likeness (QED) is 0.833. The fourth-order valence-corrected chi connectivity index (χ4v) is 4.78. The lowest BCUT2D eigenvalue weighted by atomic mass is 10.2. The van der Waals surface area contributed by atoms with Gasteiger partial charge in [-0.05, 0) is 31.9 Å². The van der Waals surface area contributed by atoms with Gasteiger partial charge in [0.15, 0.2) is 0 Å². The summed E-state index contributed by atoms with van der Waals surface area (Å²) in [5.41, 5.74) is 0. The summed E-state index contributed by atoms with van der Waals surface area (Å²) in [4.78, 5) is 2.25. The lowest BCUT2D eigenvalue weighted by Crippen LogP contribution is -2.49. The molecule has 1 N–H and O–H groups in total. The van der Waals surface area contributed by atoms with Crippen LogP contribution in [0, 0.1) is 0 Å². The number of hydrogen-bond donors (Lipinski definition) is 1. The molecule has 1 aromatic heterocycles. The predicted molar refractivity (Wildman–Crippen MR) is 86.2 cm³/mol. The average Bonchev–Trinajstić information content (AvgIpc) is 3.24. The maximum Gasteiger partial charge on any atom is 0.280 e. The van der Waals surface area contributed by atoms with Crippen molar-refractivity contribution in [2.45, 2.75) is 31.8 Å². The summed E-state index contributed by atoms with van der Waals surface area (Å²) < 4.78 is 40.3. The first-order valence-electron chi connectivity index (χ1n) is 8.19. The van der Waals surface area contributed by atoms with Gasteiger partial charge in [-0.15, -0.1) is 0 Å². The first-order chi connectivity index (χ1) is 11.1. The molecule has 2 aliphatic heterocycles. The topological polar surface area (TPSA) is 75.0 Å². The highest BCUT2D eigenvalue weighted by molar-refractivity contribution is 7.87. The van der Waals surface area contributed by atoms with Gasteiger partial charge in [0.1, 0.15) is 5.76 Å². The van der Waals surface area contributed by atoms with Crippen molar-refractivity contribution in [3.05, 3.63) is 24.2 Å². The molecule has 8 heteroatoms. The summed E-state index contributed by atoms with van der Waals surface area (Å²) in [6, 6.07) is 3.60. The average molecular weight is 343 g/mol. The molecule has 7 nitrogen and oxygen atoms in total. The number of furan rings is 1. The number of ether oxygens (including phenoxy) is 1. The van der Waals surface area contributed by atoms with Crippen molar-refractivity contribution in [3.8, 4) is 0 Å². The van der Waals surface area contributed by atoms with E-state index in [0.717, 1.165) is 25.9 Å². The van der Waals surface area contributed by atoms with E-state index in [9.17, 15) is 8.42 Å². The minimum Gasteiger partial charge on any atom is -0.468 e. The summed E-state index contributed by atoms with van der Waals surface area (Å²) >= 11 is 0. The van der Waals surface area contributed by atoms with Gasteiger partial charge in [-0.25, -0.2) is 4.72 Å². The third kappa shape index (κ3) is 3.95. The van der Waals surface area contributed by atoms with E-state index in [-0.39, 0.29) is 12.1 Å². The van der Waals surface area contributed by atoms with Crippen LogP contribution in [0.1, 0.15) is 31.6 Å². The second-order valence-corrected chi connectivity index (χ2v) is 7.84. The minimum absolute atomic E-state index is 0.151. The molecule has 2 aliphatic rings. The van der Waals surface area contributed by atoms with Crippen LogP contribution in [0.2, 0.25) is 0 Å². The molecule has 1 aromatic rings. The van der Waals surface area contributed by atoms with Gasteiger partial charge < -0.3 is 9.15 Å². The zero-order valence-electron chi connectivity index (χ0n) is 13.5. The normalized spacial score (nSPS) is 25.7. The Bertz CT molecular complexity index is 584. The van der Waals surface area contributed by atoms with Crippen molar-refractivity contribution in [2.75, 3.05) is 39.4 Å². The zero-order valence-corrected chi connectivity index (χ0v) is 14.3. The van der Waals surface area contributed by atoms with Crippen LogP contribution >= 0.6 is 0 Å². The third-order valence-electron chi connectivity index (χ3n) is 4.61. The van der Waals surface area contributed by atoms with E-state index in [1.165, 1.54) is 4.31 Å². The van der Waals surface area contributed by atoms with E-state index in [1.807, 2.05) is 13.0 Å². The molecule has 2 unspecified atom stereocenters. The molecule has 23 heavy (non-hydrogen) atoms. The summed E-state index contributed by atoms with van der Waals surface area (Å²) in [6.45, 7) is 6.11. The van der Waals surface area contributed by atoms with Crippen LogP contribution in [0.5, 0.6) is 0 Å². The second-order valence-electron chi connectivity index (χ2n) is 6.14. The van der Waals surface area contributed by atoms with Crippen molar-refractivity contribution in [3.63, 3.8) is 0 Å². The molecule has 130 valence electrons. The van der Waals surface area contributed by atoms with Gasteiger partial charge in [0.25, 0.3) is 10.2 Å². The Labute approximate surface area is 137 Å². The molecule has 0 saturated carbocycles. The van der Waals surface area contributed by atoms with Crippen LogP contribution < -0.4 is 4.72 Å². The lowest BCUT2D eigenvalue weighted by Gasteiger charge is -2.33. The van der Waals surface area contributed by atoms with Gasteiger partial charge in [0, 0.05) is 32.2 Å². The molecule has 0 aliphatic carbocycles. The highest BCUT2D eigenvalue weighted by Gasteiger charge is 2.36. The molecular formula is C15H25N3O4S. The molecule has 2 fully saturated rings. The number of rotatable bonds is 6. The van der Waals surface area contributed by atoms with Crippen LogP contribution in [-0.2, 0) is 14.9 Å². The van der Waals surface area contributed by atoms with Gasteiger partial charge >= 0.3 is 0 Å². The Hall–Kier alpha value is -0.930. The molecule has 0 bridgehead atoms. The van der Waals surface area contributed by atoms with E-state index >= 15 is 0 Å². The summed E-state index contributed by atoms with van der Waals surface area (Å²) in [5, 5.41) is 0. The number of nitrogens with zero attached hydrogens (tertiary/aromatic N) is 2. The molecule has 3 rings (SSSR count). The summed E-state index contributed by atoms with van der Waals surface area (Å²) in [6.07, 6.45) is 3.24. The van der Waals surface area contributed by atoms with Gasteiger partial charge in [-0.3, -0.25) is 4.90 Å². The van der Waals surface area contributed by atoms with Gasteiger partial charge in [-0.1, -0.05) is 0 Å². The first kappa shape index (κ1) is 16.9. The van der Waals surface area contributed by atoms with Crippen molar-refractivity contribution in [1.82, 2.24) is 13.9 Å². The van der Waals surface area contributed by atoms with E-state index in [4.69, 9.17) is 9.15 Å². The highest BCUT2D eigenvalue weighted by atomic mass is 32.2. The molecule has 2 atom stereocenters. The van der Waals surface area contributed by atoms with Crippen molar-refractivity contribution in [2.24, 2.45) is 0 Å². The zero-order chi connectivity index (χ0) is 16.3. The van der Waals surface area contributed by atoms with Crippen molar-refractivity contribution >= 4 is 10.2 Å². The minimum atomic E-state index is -3.50. The van der Waals surface area contributed by atoms with Gasteiger partial charge in [0.05, 0.1) is 25.5 Å². The fourth-order valence-electron chi connectivity index (χ4n) is 3.25. The standard InChI is InChI=1S/C15H25N3O4S/c1-13(17-7-10-21-11-8-17)12-16-23(19,20)18-6-2-4-14(18)15-5-3-9-22-15/h3,5,9,13-14,16H,2,4,6-8,10-12H2,1H3. The van der Waals surface area contributed by atoms with E-state index < -0.39 is 10.2 Å². The van der Waals surface area contributed by atoms with Crippen LogP contribution in [0.25, 0.3) is 0 Å². The Morgan fingerprint density at radius 2 is 2.13 bits per heavy atom.